The molecule has 26 heavy (non-hydrogen) atoms. The summed E-state index contributed by atoms with van der Waals surface area (Å²) in [6, 6.07) is 11.2. The van der Waals surface area contributed by atoms with Gasteiger partial charge in [0.1, 0.15) is 0 Å². The van der Waals surface area contributed by atoms with E-state index in [0.29, 0.717) is 11.3 Å². The van der Waals surface area contributed by atoms with Crippen LogP contribution in [0.4, 0.5) is 0 Å². The predicted molar refractivity (Wildman–Crippen MR) is 98.4 cm³/mol. The number of benzene rings is 1. The van der Waals surface area contributed by atoms with Crippen molar-refractivity contribution in [2.45, 2.75) is 6.42 Å². The van der Waals surface area contributed by atoms with Crippen LogP contribution < -0.4 is 11.1 Å². The van der Waals surface area contributed by atoms with Crippen LogP contribution in [0.25, 0.3) is 11.4 Å². The molecule has 2 amide bonds. The first kappa shape index (κ1) is 19.2. The number of carbonyl (C=O) groups is 2. The van der Waals surface area contributed by atoms with Gasteiger partial charge in [0.2, 0.25) is 5.91 Å². The summed E-state index contributed by atoms with van der Waals surface area (Å²) in [4.78, 5) is 22.6. The van der Waals surface area contributed by atoms with Crippen LogP contribution in [0.5, 0.6) is 0 Å². The molecule has 3 aromatic rings. The van der Waals surface area contributed by atoms with Gasteiger partial charge >= 0.3 is 0 Å². The fourth-order valence-corrected chi connectivity index (χ4v) is 2.23. The minimum atomic E-state index is -0.459. The number of aryl methyl sites for hydroxylation is 1. The number of amides is 2. The molecular formula is C17H19ClN6O2. The molecule has 0 unspecified atom stereocenters. The third kappa shape index (κ3) is 5.45. The lowest BCUT2D eigenvalue weighted by Crippen LogP contribution is -2.28. The van der Waals surface area contributed by atoms with Crippen molar-refractivity contribution in [1.82, 2.24) is 25.3 Å². The lowest BCUT2D eigenvalue weighted by atomic mass is 10.2. The first-order valence-electron chi connectivity index (χ1n) is 7.78. The van der Waals surface area contributed by atoms with Crippen molar-refractivity contribution in [2.24, 2.45) is 12.8 Å². The van der Waals surface area contributed by atoms with Crippen LogP contribution in [0.2, 0.25) is 5.02 Å². The van der Waals surface area contributed by atoms with Gasteiger partial charge in [0, 0.05) is 31.2 Å². The molecule has 0 aliphatic rings. The third-order valence-electron chi connectivity index (χ3n) is 3.35. The zero-order chi connectivity index (χ0) is 18.9. The number of hydrogen-bond acceptors (Lipinski definition) is 4. The normalized spacial score (nSPS) is 9.92. The van der Waals surface area contributed by atoms with E-state index in [4.69, 9.17) is 17.3 Å². The summed E-state index contributed by atoms with van der Waals surface area (Å²) in [5.41, 5.74) is 6.73. The lowest BCUT2D eigenvalue weighted by molar-refractivity contribution is -0.117. The van der Waals surface area contributed by atoms with Gasteiger partial charge in [-0.05, 0) is 18.2 Å². The van der Waals surface area contributed by atoms with Crippen molar-refractivity contribution in [3.8, 4) is 11.4 Å². The standard InChI is InChI=1S/C11H14N6O2.C6H5Cl/c1-17-8(2-5-15-17)10-7(6-14-16-10)11(19)13-4-3-9(12)18;7-6-4-2-1-3-5-6/h2,5-6H,3-4H2,1H3,(H2,12,18)(H,13,19)(H,14,16);1-5H. The Labute approximate surface area is 155 Å². The summed E-state index contributed by atoms with van der Waals surface area (Å²) < 4.78 is 1.63. The Morgan fingerprint density at radius 2 is 2.00 bits per heavy atom. The van der Waals surface area contributed by atoms with Gasteiger partial charge in [-0.3, -0.25) is 19.4 Å². The van der Waals surface area contributed by atoms with Gasteiger partial charge in [0.15, 0.2) is 0 Å². The van der Waals surface area contributed by atoms with Crippen molar-refractivity contribution < 1.29 is 9.59 Å². The number of carbonyl (C=O) groups excluding carboxylic acids is 2. The molecule has 0 spiro atoms. The highest BCUT2D eigenvalue weighted by atomic mass is 35.5. The molecule has 0 aliphatic carbocycles. The number of aromatic nitrogens is 4. The molecule has 0 fully saturated rings. The third-order valence-corrected chi connectivity index (χ3v) is 3.60. The van der Waals surface area contributed by atoms with Crippen LogP contribution in [-0.2, 0) is 11.8 Å². The number of halogens is 1. The van der Waals surface area contributed by atoms with Crippen molar-refractivity contribution >= 4 is 23.4 Å². The monoisotopic (exact) mass is 374 g/mol. The van der Waals surface area contributed by atoms with Crippen molar-refractivity contribution in [3.05, 3.63) is 59.4 Å². The molecule has 3 rings (SSSR count). The van der Waals surface area contributed by atoms with E-state index >= 15 is 0 Å². The second-order valence-electron chi connectivity index (χ2n) is 5.27. The Hall–Kier alpha value is -3.13. The quantitative estimate of drug-likeness (QED) is 0.630. The lowest BCUT2D eigenvalue weighted by Gasteiger charge is -2.05. The Bertz CT molecular complexity index is 859. The molecule has 2 heterocycles. The highest BCUT2D eigenvalue weighted by Crippen LogP contribution is 2.19. The van der Waals surface area contributed by atoms with Gasteiger partial charge in [0.05, 0.1) is 23.1 Å². The van der Waals surface area contributed by atoms with Crippen LogP contribution in [-0.4, -0.2) is 38.3 Å². The van der Waals surface area contributed by atoms with Gasteiger partial charge in [-0.2, -0.15) is 10.2 Å². The van der Waals surface area contributed by atoms with Crippen LogP contribution in [0, 0.1) is 0 Å². The van der Waals surface area contributed by atoms with Crippen molar-refractivity contribution in [3.63, 3.8) is 0 Å². The summed E-state index contributed by atoms with van der Waals surface area (Å²) in [6.07, 6.45) is 3.16. The largest absolute Gasteiger partial charge is 0.370 e. The molecule has 0 atom stereocenters. The number of rotatable bonds is 5. The number of H-pyrrole nitrogens is 1. The molecule has 0 saturated carbocycles. The summed E-state index contributed by atoms with van der Waals surface area (Å²) >= 11 is 5.54. The van der Waals surface area contributed by atoms with Crippen LogP contribution in [0.3, 0.4) is 0 Å². The highest BCUT2D eigenvalue weighted by Gasteiger charge is 2.17. The summed E-state index contributed by atoms with van der Waals surface area (Å²) in [5, 5.41) is 14.1. The summed E-state index contributed by atoms with van der Waals surface area (Å²) in [7, 11) is 1.77. The smallest absolute Gasteiger partial charge is 0.255 e. The van der Waals surface area contributed by atoms with Gasteiger partial charge in [-0.15, -0.1) is 0 Å². The van der Waals surface area contributed by atoms with E-state index in [-0.39, 0.29) is 18.9 Å². The second kappa shape index (κ2) is 9.38. The predicted octanol–water partition coefficient (Wildman–Crippen LogP) is 1.76. The Kier molecular flexibility index (Phi) is 6.92. The van der Waals surface area contributed by atoms with Crippen molar-refractivity contribution in [1.29, 1.82) is 0 Å². The second-order valence-corrected chi connectivity index (χ2v) is 5.70. The van der Waals surface area contributed by atoms with E-state index in [9.17, 15) is 9.59 Å². The van der Waals surface area contributed by atoms with E-state index in [1.807, 2.05) is 30.3 Å². The number of hydrogen-bond donors (Lipinski definition) is 3. The van der Waals surface area contributed by atoms with E-state index in [1.165, 1.54) is 6.20 Å². The first-order chi connectivity index (χ1) is 12.5. The highest BCUT2D eigenvalue weighted by molar-refractivity contribution is 6.30. The van der Waals surface area contributed by atoms with E-state index < -0.39 is 5.91 Å². The maximum atomic E-state index is 12.0. The molecule has 4 N–H and O–H groups in total. The summed E-state index contributed by atoms with van der Waals surface area (Å²) in [6.45, 7) is 0.199. The van der Waals surface area contributed by atoms with Gasteiger partial charge in [-0.1, -0.05) is 29.8 Å². The molecule has 0 aliphatic heterocycles. The number of nitrogens with two attached hydrogens (primary N) is 1. The SMILES string of the molecule is Clc1ccccc1.Cn1nccc1-c1[nH]ncc1C(=O)NCCC(N)=O. The topological polar surface area (TPSA) is 119 Å². The van der Waals surface area contributed by atoms with E-state index in [2.05, 4.69) is 20.6 Å². The summed E-state index contributed by atoms with van der Waals surface area (Å²) in [5.74, 6) is -0.773. The van der Waals surface area contributed by atoms with Crippen molar-refractivity contribution in [2.75, 3.05) is 6.54 Å². The van der Waals surface area contributed by atoms with Gasteiger partial charge in [0.25, 0.3) is 5.91 Å². The van der Waals surface area contributed by atoms with Crippen LogP contribution >= 0.6 is 11.6 Å². The first-order valence-corrected chi connectivity index (χ1v) is 8.15. The van der Waals surface area contributed by atoms with Gasteiger partial charge < -0.3 is 11.1 Å². The van der Waals surface area contributed by atoms with E-state index in [1.54, 1.807) is 24.0 Å². The molecule has 9 heteroatoms. The fraction of sp³-hybridized carbons (Fsp3) is 0.176. The minimum Gasteiger partial charge on any atom is -0.370 e. The molecule has 8 nitrogen and oxygen atoms in total. The number of primary amides is 1. The Balaban J connectivity index is 0.000000290. The number of aromatic amines is 1. The average molecular weight is 375 g/mol. The Morgan fingerprint density at radius 1 is 1.27 bits per heavy atom. The Morgan fingerprint density at radius 3 is 2.54 bits per heavy atom. The maximum absolute atomic E-state index is 12.0. The molecular weight excluding hydrogens is 356 g/mol. The maximum Gasteiger partial charge on any atom is 0.255 e. The average Bonchev–Trinajstić information content (AvgIpc) is 3.24. The number of nitrogens with one attached hydrogen (secondary N) is 2. The van der Waals surface area contributed by atoms with Crippen LogP contribution in [0.15, 0.2) is 48.8 Å². The molecule has 0 radical (unpaired) electrons. The fourth-order valence-electron chi connectivity index (χ4n) is 2.08. The molecule has 1 aromatic carbocycles. The van der Waals surface area contributed by atoms with E-state index in [0.717, 1.165) is 10.7 Å². The molecule has 0 saturated heterocycles. The molecule has 2 aromatic heterocycles. The minimum absolute atomic E-state index is 0.102. The van der Waals surface area contributed by atoms with Gasteiger partial charge in [-0.25, -0.2) is 0 Å². The van der Waals surface area contributed by atoms with Crippen LogP contribution in [0.1, 0.15) is 16.8 Å². The molecule has 0 bridgehead atoms. The zero-order valence-corrected chi connectivity index (χ0v) is 14.9. The number of nitrogens with zero attached hydrogens (tertiary/aromatic N) is 3. The molecule has 136 valence electrons. The zero-order valence-electron chi connectivity index (χ0n) is 14.1.